The number of halogens is 2. The fourth-order valence-corrected chi connectivity index (χ4v) is 4.38. The van der Waals surface area contributed by atoms with Crippen LogP contribution < -0.4 is 5.32 Å². The summed E-state index contributed by atoms with van der Waals surface area (Å²) < 4.78 is 10.4. The standard InChI is InChI=1S/C20H23Cl2NO4/c1-4-26-17(24)19(3,18(25)27-5-2)12-8-9-20(22)14-11-13(21)6-7-15(14)23-16(20)10-12/h6-7,10-12,23H,4-5,8-9H2,1-3H3. The fourth-order valence-electron chi connectivity index (χ4n) is 3.83. The van der Waals surface area contributed by atoms with Crippen LogP contribution in [-0.2, 0) is 23.9 Å². The van der Waals surface area contributed by atoms with Crippen molar-refractivity contribution in [1.82, 2.24) is 0 Å². The number of fused-ring (bicyclic) bond motifs is 3. The van der Waals surface area contributed by atoms with Gasteiger partial charge in [-0.2, -0.15) is 0 Å². The second-order valence-corrected chi connectivity index (χ2v) is 8.07. The summed E-state index contributed by atoms with van der Waals surface area (Å²) in [5.74, 6) is -1.55. The molecule has 1 aliphatic heterocycles. The molecule has 1 aromatic carbocycles. The Kier molecular flexibility index (Phi) is 5.46. The van der Waals surface area contributed by atoms with Gasteiger partial charge in [-0.15, -0.1) is 11.6 Å². The molecule has 0 bridgehead atoms. The van der Waals surface area contributed by atoms with Crippen LogP contribution in [0.2, 0.25) is 5.02 Å². The number of alkyl halides is 1. The molecule has 0 radical (unpaired) electrons. The van der Waals surface area contributed by atoms with Gasteiger partial charge in [0.05, 0.1) is 13.2 Å². The molecule has 0 aromatic heterocycles. The van der Waals surface area contributed by atoms with E-state index in [0.717, 1.165) is 16.9 Å². The third-order valence-electron chi connectivity index (χ3n) is 5.41. The number of ether oxygens (including phenoxy) is 2. The second kappa shape index (κ2) is 7.36. The van der Waals surface area contributed by atoms with E-state index in [1.807, 2.05) is 18.2 Å². The smallest absolute Gasteiger partial charge is 0.323 e. The number of anilines is 1. The third kappa shape index (κ3) is 3.21. The highest BCUT2D eigenvalue weighted by Gasteiger charge is 2.54. The van der Waals surface area contributed by atoms with Crippen LogP contribution in [0.3, 0.4) is 0 Å². The molecule has 2 unspecified atom stereocenters. The van der Waals surface area contributed by atoms with Crippen molar-refractivity contribution < 1.29 is 19.1 Å². The van der Waals surface area contributed by atoms with Gasteiger partial charge in [0.1, 0.15) is 4.87 Å². The average Bonchev–Trinajstić information content (AvgIpc) is 2.92. The summed E-state index contributed by atoms with van der Waals surface area (Å²) in [5.41, 5.74) is 1.13. The lowest BCUT2D eigenvalue weighted by Crippen LogP contribution is -2.47. The first-order valence-corrected chi connectivity index (χ1v) is 9.85. The van der Waals surface area contributed by atoms with E-state index in [0.29, 0.717) is 17.9 Å². The highest BCUT2D eigenvalue weighted by atomic mass is 35.5. The highest BCUT2D eigenvalue weighted by Crippen LogP contribution is 2.55. The lowest BCUT2D eigenvalue weighted by atomic mass is 9.69. The molecule has 1 N–H and O–H groups in total. The predicted octanol–water partition coefficient (Wildman–Crippen LogP) is 4.63. The van der Waals surface area contributed by atoms with Crippen molar-refractivity contribution in [2.75, 3.05) is 18.5 Å². The normalized spacial score (nSPS) is 23.6. The molecule has 0 saturated heterocycles. The highest BCUT2D eigenvalue weighted by molar-refractivity contribution is 6.32. The molecular formula is C20H23Cl2NO4. The molecule has 146 valence electrons. The maximum atomic E-state index is 12.7. The largest absolute Gasteiger partial charge is 0.465 e. The average molecular weight is 412 g/mol. The molecule has 1 aliphatic carbocycles. The van der Waals surface area contributed by atoms with Crippen LogP contribution in [-0.4, -0.2) is 25.2 Å². The number of carbonyl (C=O) groups is 2. The Morgan fingerprint density at radius 1 is 1.26 bits per heavy atom. The van der Waals surface area contributed by atoms with Gasteiger partial charge < -0.3 is 14.8 Å². The van der Waals surface area contributed by atoms with Crippen LogP contribution in [0, 0.1) is 11.3 Å². The monoisotopic (exact) mass is 411 g/mol. The van der Waals surface area contributed by atoms with E-state index in [1.165, 1.54) is 0 Å². The molecule has 0 saturated carbocycles. The summed E-state index contributed by atoms with van der Waals surface area (Å²) in [6.45, 7) is 5.40. The lowest BCUT2D eigenvalue weighted by Gasteiger charge is -2.38. The number of hydrogen-bond donors (Lipinski definition) is 1. The minimum Gasteiger partial charge on any atom is -0.465 e. The molecule has 0 amide bonds. The Labute approximate surface area is 169 Å². The zero-order chi connectivity index (χ0) is 19.8. The van der Waals surface area contributed by atoms with Gasteiger partial charge in [-0.3, -0.25) is 9.59 Å². The minimum absolute atomic E-state index is 0.193. The number of nitrogens with one attached hydrogen (secondary N) is 1. The van der Waals surface area contributed by atoms with Crippen molar-refractivity contribution in [3.8, 4) is 0 Å². The van der Waals surface area contributed by atoms with Crippen LogP contribution in [0.25, 0.3) is 0 Å². The molecule has 1 aromatic rings. The zero-order valence-electron chi connectivity index (χ0n) is 15.6. The molecule has 7 heteroatoms. The Balaban J connectivity index is 2.00. The van der Waals surface area contributed by atoms with Gasteiger partial charge in [-0.25, -0.2) is 0 Å². The fraction of sp³-hybridized carbons (Fsp3) is 0.500. The number of hydrogen-bond acceptors (Lipinski definition) is 5. The minimum atomic E-state index is -1.43. The van der Waals surface area contributed by atoms with Gasteiger partial charge in [0, 0.05) is 27.9 Å². The third-order valence-corrected chi connectivity index (χ3v) is 6.24. The van der Waals surface area contributed by atoms with E-state index >= 15 is 0 Å². The van der Waals surface area contributed by atoms with Crippen LogP contribution in [0.15, 0.2) is 30.0 Å². The topological polar surface area (TPSA) is 64.6 Å². The van der Waals surface area contributed by atoms with Gasteiger partial charge in [-0.05, 0) is 51.8 Å². The maximum absolute atomic E-state index is 12.7. The molecule has 0 spiro atoms. The van der Waals surface area contributed by atoms with Gasteiger partial charge in [-0.1, -0.05) is 17.7 Å². The van der Waals surface area contributed by atoms with Crippen molar-refractivity contribution in [3.63, 3.8) is 0 Å². The van der Waals surface area contributed by atoms with Gasteiger partial charge in [0.25, 0.3) is 0 Å². The molecule has 3 rings (SSSR count). The Morgan fingerprint density at radius 2 is 1.89 bits per heavy atom. The summed E-state index contributed by atoms with van der Waals surface area (Å²) in [5, 5.41) is 3.93. The van der Waals surface area contributed by atoms with E-state index in [4.69, 9.17) is 32.7 Å². The van der Waals surface area contributed by atoms with Gasteiger partial charge in [0.2, 0.25) is 0 Å². The van der Waals surface area contributed by atoms with Crippen molar-refractivity contribution in [3.05, 3.63) is 40.6 Å². The van der Waals surface area contributed by atoms with E-state index in [2.05, 4.69) is 5.32 Å². The van der Waals surface area contributed by atoms with E-state index < -0.39 is 28.1 Å². The first kappa shape index (κ1) is 20.0. The molecule has 2 atom stereocenters. The maximum Gasteiger partial charge on any atom is 0.323 e. The Bertz CT molecular complexity index is 789. The zero-order valence-corrected chi connectivity index (χ0v) is 17.1. The van der Waals surface area contributed by atoms with Crippen molar-refractivity contribution in [2.45, 2.75) is 38.5 Å². The van der Waals surface area contributed by atoms with E-state index in [-0.39, 0.29) is 13.2 Å². The molecule has 1 heterocycles. The number of carbonyl (C=O) groups excluding carboxylic acids is 2. The van der Waals surface area contributed by atoms with Crippen molar-refractivity contribution in [2.24, 2.45) is 11.3 Å². The number of benzene rings is 1. The van der Waals surface area contributed by atoms with Gasteiger partial charge >= 0.3 is 11.9 Å². The van der Waals surface area contributed by atoms with Crippen LogP contribution in [0.5, 0.6) is 0 Å². The van der Waals surface area contributed by atoms with Gasteiger partial charge in [0.15, 0.2) is 5.41 Å². The summed E-state index contributed by atoms with van der Waals surface area (Å²) in [6, 6.07) is 5.53. The number of rotatable bonds is 5. The summed E-state index contributed by atoms with van der Waals surface area (Å²) in [6.07, 6.45) is 2.97. The predicted molar refractivity (Wildman–Crippen MR) is 105 cm³/mol. The van der Waals surface area contributed by atoms with Crippen LogP contribution in [0.1, 0.15) is 39.2 Å². The second-order valence-electron chi connectivity index (χ2n) is 6.98. The van der Waals surface area contributed by atoms with E-state index in [1.54, 1.807) is 26.8 Å². The van der Waals surface area contributed by atoms with Crippen LogP contribution in [0.4, 0.5) is 5.69 Å². The van der Waals surface area contributed by atoms with Crippen LogP contribution >= 0.6 is 23.2 Å². The number of esters is 2. The summed E-state index contributed by atoms with van der Waals surface area (Å²) in [4.78, 5) is 24.6. The summed E-state index contributed by atoms with van der Waals surface area (Å²) >= 11 is 13.1. The first-order valence-electron chi connectivity index (χ1n) is 9.10. The van der Waals surface area contributed by atoms with E-state index in [9.17, 15) is 9.59 Å². The Hall–Kier alpha value is -1.72. The first-order chi connectivity index (χ1) is 12.8. The molecule has 27 heavy (non-hydrogen) atoms. The summed E-state index contributed by atoms with van der Waals surface area (Å²) in [7, 11) is 0. The molecule has 0 fully saturated rings. The molecule has 2 aliphatic rings. The Morgan fingerprint density at radius 3 is 2.48 bits per heavy atom. The lowest BCUT2D eigenvalue weighted by molar-refractivity contribution is -0.174. The molecular weight excluding hydrogens is 389 g/mol. The quantitative estimate of drug-likeness (QED) is 0.434. The van der Waals surface area contributed by atoms with Crippen molar-refractivity contribution >= 4 is 40.8 Å². The SMILES string of the molecule is CCOC(=O)C(C)(C(=O)OCC)C1C=C2Nc3ccc(Cl)cc3C2(Cl)CC1. The number of allylic oxidation sites excluding steroid dienone is 2. The van der Waals surface area contributed by atoms with Crippen molar-refractivity contribution in [1.29, 1.82) is 0 Å². The molecule has 5 nitrogen and oxygen atoms in total.